The Bertz CT molecular complexity index is 355. The van der Waals surface area contributed by atoms with Crippen LogP contribution in [0.15, 0.2) is 9.64 Å². The zero-order valence-corrected chi connectivity index (χ0v) is 11.8. The lowest BCUT2D eigenvalue weighted by Gasteiger charge is -1.97. The monoisotopic (exact) mass is 272 g/mol. The molecule has 0 fully saturated rings. The maximum Gasteiger partial charge on any atom is 0.396 e. The van der Waals surface area contributed by atoms with Crippen molar-refractivity contribution in [2.45, 2.75) is 51.2 Å². The summed E-state index contributed by atoms with van der Waals surface area (Å²) in [4.78, 5) is 11.3. The highest BCUT2D eigenvalue weighted by Crippen LogP contribution is 2.18. The molecule has 6 heteroatoms. The van der Waals surface area contributed by atoms with Crippen LogP contribution in [0.1, 0.15) is 56.6 Å². The van der Waals surface area contributed by atoms with E-state index in [0.29, 0.717) is 11.8 Å². The fourth-order valence-corrected chi connectivity index (χ4v) is 2.17. The van der Waals surface area contributed by atoms with E-state index in [9.17, 15) is 4.79 Å². The van der Waals surface area contributed by atoms with Crippen LogP contribution < -0.4 is 0 Å². The van der Waals surface area contributed by atoms with E-state index in [4.69, 9.17) is 9.15 Å². The number of aromatic nitrogens is 2. The van der Waals surface area contributed by atoms with Gasteiger partial charge in [-0.15, -0.1) is 5.10 Å². The summed E-state index contributed by atoms with van der Waals surface area (Å²) in [5, 5.41) is 7.89. The highest BCUT2D eigenvalue weighted by molar-refractivity contribution is 7.99. The van der Waals surface area contributed by atoms with Crippen molar-refractivity contribution in [1.82, 2.24) is 10.2 Å². The first-order valence-corrected chi connectivity index (χ1v) is 7.39. The molecule has 1 heterocycles. The number of ether oxygens (including phenoxy) is 1. The number of carbonyl (C=O) groups is 1. The van der Waals surface area contributed by atoms with Crippen LogP contribution in [0, 0.1) is 0 Å². The van der Waals surface area contributed by atoms with Gasteiger partial charge in [0.1, 0.15) is 0 Å². The van der Waals surface area contributed by atoms with Gasteiger partial charge in [-0.05, 0) is 13.3 Å². The van der Waals surface area contributed by atoms with Crippen LogP contribution in [-0.2, 0) is 4.74 Å². The molecule has 0 amide bonds. The maximum atomic E-state index is 11.3. The lowest BCUT2D eigenvalue weighted by Crippen LogP contribution is -2.04. The highest BCUT2D eigenvalue weighted by atomic mass is 32.2. The summed E-state index contributed by atoms with van der Waals surface area (Å²) in [5.41, 5.74) is 0. The van der Waals surface area contributed by atoms with Crippen LogP contribution in [0.2, 0.25) is 0 Å². The lowest BCUT2D eigenvalue weighted by molar-refractivity contribution is 0.0475. The van der Waals surface area contributed by atoms with Gasteiger partial charge in [0, 0.05) is 5.75 Å². The molecule has 1 aromatic rings. The van der Waals surface area contributed by atoms with Crippen molar-refractivity contribution in [1.29, 1.82) is 0 Å². The highest BCUT2D eigenvalue weighted by Gasteiger charge is 2.15. The molecule has 0 aliphatic carbocycles. The van der Waals surface area contributed by atoms with Crippen LogP contribution in [0.4, 0.5) is 0 Å². The predicted octanol–water partition coefficient (Wildman–Crippen LogP) is 3.31. The molecule has 0 bridgehead atoms. The van der Waals surface area contributed by atoms with E-state index in [-0.39, 0.29) is 5.89 Å². The van der Waals surface area contributed by atoms with E-state index in [1.807, 2.05) is 0 Å². The second-order valence-electron chi connectivity index (χ2n) is 3.86. The van der Waals surface area contributed by atoms with Gasteiger partial charge in [0.05, 0.1) is 6.61 Å². The number of unbranched alkanes of at least 4 members (excludes halogenated alkanes) is 4. The van der Waals surface area contributed by atoms with E-state index in [1.165, 1.54) is 37.4 Å². The zero-order valence-electron chi connectivity index (χ0n) is 11.0. The Kier molecular flexibility index (Phi) is 7.48. The molecule has 0 aliphatic heterocycles. The summed E-state index contributed by atoms with van der Waals surface area (Å²) in [6.07, 6.45) is 6.16. The minimum atomic E-state index is -0.556. The SMILES string of the molecule is CCCCCCCSc1nnc(C(=O)OCC)o1. The number of esters is 1. The van der Waals surface area contributed by atoms with Gasteiger partial charge in [-0.2, -0.15) is 0 Å². The van der Waals surface area contributed by atoms with Gasteiger partial charge in [0.25, 0.3) is 5.22 Å². The molecule has 0 saturated heterocycles. The van der Waals surface area contributed by atoms with E-state index in [0.717, 1.165) is 12.2 Å². The molecule has 0 aromatic carbocycles. The molecular formula is C12H20N2O3S. The summed E-state index contributed by atoms with van der Waals surface area (Å²) in [6, 6.07) is 0. The molecule has 1 rings (SSSR count). The minimum Gasteiger partial charge on any atom is -0.459 e. The van der Waals surface area contributed by atoms with Crippen molar-refractivity contribution in [2.75, 3.05) is 12.4 Å². The summed E-state index contributed by atoms with van der Waals surface area (Å²) < 4.78 is 9.96. The van der Waals surface area contributed by atoms with Crippen molar-refractivity contribution in [3.63, 3.8) is 0 Å². The summed E-state index contributed by atoms with van der Waals surface area (Å²) in [7, 11) is 0. The molecular weight excluding hydrogens is 252 g/mol. The van der Waals surface area contributed by atoms with Gasteiger partial charge in [-0.25, -0.2) is 4.79 Å². The average molecular weight is 272 g/mol. The quantitative estimate of drug-likeness (QED) is 0.390. The first kappa shape index (κ1) is 15.0. The van der Waals surface area contributed by atoms with E-state index in [1.54, 1.807) is 6.92 Å². The summed E-state index contributed by atoms with van der Waals surface area (Å²) in [5.74, 6) is 0.318. The molecule has 102 valence electrons. The molecule has 1 aromatic heterocycles. The maximum absolute atomic E-state index is 11.3. The van der Waals surface area contributed by atoms with E-state index in [2.05, 4.69) is 17.1 Å². The smallest absolute Gasteiger partial charge is 0.396 e. The predicted molar refractivity (Wildman–Crippen MR) is 69.7 cm³/mol. The van der Waals surface area contributed by atoms with Crippen LogP contribution >= 0.6 is 11.8 Å². The number of hydrogen-bond donors (Lipinski definition) is 0. The standard InChI is InChI=1S/C12H20N2O3S/c1-3-5-6-7-8-9-18-12-14-13-10(17-12)11(15)16-4-2/h3-9H2,1-2H3. The van der Waals surface area contributed by atoms with Crippen LogP contribution in [0.5, 0.6) is 0 Å². The Morgan fingerprint density at radius 1 is 1.22 bits per heavy atom. The minimum absolute atomic E-state index is 0.0645. The van der Waals surface area contributed by atoms with Gasteiger partial charge in [0.15, 0.2) is 0 Å². The van der Waals surface area contributed by atoms with Gasteiger partial charge in [-0.1, -0.05) is 49.5 Å². The molecule has 0 unspecified atom stereocenters. The van der Waals surface area contributed by atoms with Crippen LogP contribution in [0.25, 0.3) is 0 Å². The van der Waals surface area contributed by atoms with Crippen molar-refractivity contribution in [3.8, 4) is 0 Å². The van der Waals surface area contributed by atoms with Crippen molar-refractivity contribution < 1.29 is 13.9 Å². The third-order valence-electron chi connectivity index (χ3n) is 2.33. The Balaban J connectivity index is 2.21. The molecule has 0 spiro atoms. The van der Waals surface area contributed by atoms with Gasteiger partial charge < -0.3 is 9.15 Å². The molecule has 0 radical (unpaired) electrons. The zero-order chi connectivity index (χ0) is 13.2. The molecule has 0 N–H and O–H groups in total. The van der Waals surface area contributed by atoms with Gasteiger partial charge >= 0.3 is 11.9 Å². The Morgan fingerprint density at radius 3 is 2.72 bits per heavy atom. The van der Waals surface area contributed by atoms with Gasteiger partial charge in [0.2, 0.25) is 0 Å². The fourth-order valence-electron chi connectivity index (χ4n) is 1.41. The number of nitrogens with zero attached hydrogens (tertiary/aromatic N) is 2. The van der Waals surface area contributed by atoms with E-state index < -0.39 is 5.97 Å². The fraction of sp³-hybridized carbons (Fsp3) is 0.750. The molecule has 0 saturated carbocycles. The largest absolute Gasteiger partial charge is 0.459 e. The number of rotatable bonds is 9. The Labute approximate surface area is 112 Å². The topological polar surface area (TPSA) is 65.2 Å². The second-order valence-corrected chi connectivity index (χ2v) is 4.90. The van der Waals surface area contributed by atoms with E-state index >= 15 is 0 Å². The van der Waals surface area contributed by atoms with Crippen LogP contribution in [0.3, 0.4) is 0 Å². The second kappa shape index (κ2) is 8.97. The summed E-state index contributed by atoms with van der Waals surface area (Å²) >= 11 is 1.49. The third kappa shape index (κ3) is 5.53. The molecule has 0 atom stereocenters. The summed E-state index contributed by atoms with van der Waals surface area (Å²) in [6.45, 7) is 4.24. The first-order chi connectivity index (χ1) is 8.77. The first-order valence-electron chi connectivity index (χ1n) is 6.41. The normalized spacial score (nSPS) is 10.6. The average Bonchev–Trinajstić information content (AvgIpc) is 2.83. The van der Waals surface area contributed by atoms with Crippen molar-refractivity contribution in [3.05, 3.63) is 5.89 Å². The lowest BCUT2D eigenvalue weighted by atomic mass is 10.2. The van der Waals surface area contributed by atoms with Gasteiger partial charge in [-0.3, -0.25) is 0 Å². The third-order valence-corrected chi connectivity index (χ3v) is 3.23. The van der Waals surface area contributed by atoms with Crippen molar-refractivity contribution in [2.24, 2.45) is 0 Å². The molecule has 5 nitrogen and oxygen atoms in total. The molecule has 0 aliphatic rings. The molecule has 18 heavy (non-hydrogen) atoms. The Hall–Kier alpha value is -1.04. The van der Waals surface area contributed by atoms with Crippen molar-refractivity contribution >= 4 is 17.7 Å². The number of carbonyl (C=O) groups excluding carboxylic acids is 1. The number of hydrogen-bond acceptors (Lipinski definition) is 6. The Morgan fingerprint density at radius 2 is 2.00 bits per heavy atom. The van der Waals surface area contributed by atoms with Crippen LogP contribution in [-0.4, -0.2) is 28.5 Å². The number of thioether (sulfide) groups is 1.